The Hall–Kier alpha value is -3.40. The van der Waals surface area contributed by atoms with Gasteiger partial charge in [0, 0.05) is 44.1 Å². The van der Waals surface area contributed by atoms with Crippen LogP contribution in [0, 0.1) is 0 Å². The maximum absolute atomic E-state index is 13.3. The number of hydrogen-bond donors (Lipinski definition) is 1. The maximum Gasteiger partial charge on any atom is 0.320 e. The zero-order valence-electron chi connectivity index (χ0n) is 20.4. The number of methoxy groups -OCH3 is 1. The molecule has 1 fully saturated rings. The lowest BCUT2D eigenvalue weighted by atomic mass is 10.0. The Bertz CT molecular complexity index is 1020. The summed E-state index contributed by atoms with van der Waals surface area (Å²) in [5.74, 6) is 0.756. The summed E-state index contributed by atoms with van der Waals surface area (Å²) in [5, 5.41) is 11.8. The Balaban J connectivity index is 1.38. The second-order valence-electron chi connectivity index (χ2n) is 8.70. The van der Waals surface area contributed by atoms with Crippen LogP contribution >= 0.6 is 0 Å². The molecule has 4 rings (SSSR count). The molecule has 3 aliphatic rings. The van der Waals surface area contributed by atoms with Crippen LogP contribution in [0.2, 0.25) is 0 Å². The number of aliphatic imine (C=N–C) groups is 1. The molecule has 188 valence electrons. The highest BCUT2D eigenvalue weighted by Gasteiger charge is 2.36. The molecule has 0 aliphatic carbocycles. The average Bonchev–Trinajstić information content (AvgIpc) is 3.24. The molecule has 3 aliphatic heterocycles. The highest BCUT2D eigenvalue weighted by Crippen LogP contribution is 2.30. The summed E-state index contributed by atoms with van der Waals surface area (Å²) in [4.78, 5) is 37.8. The Morgan fingerprint density at radius 2 is 2.11 bits per heavy atom. The molecule has 10 heteroatoms. The normalized spacial score (nSPS) is 18.5. The first-order valence-corrected chi connectivity index (χ1v) is 12.2. The topological polar surface area (TPSA) is 108 Å². The van der Waals surface area contributed by atoms with Crippen molar-refractivity contribution in [3.8, 4) is 5.88 Å². The Kier molecular flexibility index (Phi) is 8.02. The van der Waals surface area contributed by atoms with E-state index in [4.69, 9.17) is 9.47 Å². The molecule has 1 atom stereocenters. The van der Waals surface area contributed by atoms with Crippen molar-refractivity contribution in [1.29, 1.82) is 0 Å². The molecule has 1 unspecified atom stereocenters. The van der Waals surface area contributed by atoms with Gasteiger partial charge in [0.15, 0.2) is 5.84 Å². The second-order valence-corrected chi connectivity index (χ2v) is 8.70. The molecule has 2 amide bonds. The van der Waals surface area contributed by atoms with E-state index >= 15 is 0 Å². The number of amides is 2. The second kappa shape index (κ2) is 11.4. The van der Waals surface area contributed by atoms with Gasteiger partial charge in [0.25, 0.3) is 0 Å². The predicted octanol–water partition coefficient (Wildman–Crippen LogP) is 3.31. The van der Waals surface area contributed by atoms with Gasteiger partial charge < -0.3 is 19.3 Å². The fourth-order valence-electron chi connectivity index (χ4n) is 4.67. The van der Waals surface area contributed by atoms with Crippen LogP contribution < -0.4 is 4.74 Å². The molecule has 35 heavy (non-hydrogen) atoms. The standard InChI is InChI=1S/C25H33N5O5/c1-3-35-23(31)16-21(19-9-11-22(34-2)27-17-19)29-15-14-28(25(29)32)13-5-7-20-10-8-18-6-4-12-26-24(18)30(20)33/h8-11,17,21,33H,3-7,12-16H2,1-2H3. The lowest BCUT2D eigenvalue weighted by molar-refractivity contribution is -0.144. The van der Waals surface area contributed by atoms with Gasteiger partial charge in [0.05, 0.1) is 26.2 Å². The van der Waals surface area contributed by atoms with E-state index in [0.29, 0.717) is 44.2 Å². The van der Waals surface area contributed by atoms with Gasteiger partial charge in [-0.05, 0) is 49.8 Å². The van der Waals surface area contributed by atoms with Crippen molar-refractivity contribution in [2.45, 2.75) is 45.1 Å². The van der Waals surface area contributed by atoms with E-state index in [9.17, 15) is 14.8 Å². The summed E-state index contributed by atoms with van der Waals surface area (Å²) in [5.41, 5.74) is 2.60. The van der Waals surface area contributed by atoms with E-state index in [1.165, 1.54) is 12.2 Å². The molecule has 1 aromatic heterocycles. The average molecular weight is 484 g/mol. The van der Waals surface area contributed by atoms with Crippen molar-refractivity contribution < 1.29 is 24.3 Å². The molecule has 1 aromatic rings. The molecule has 1 saturated heterocycles. The summed E-state index contributed by atoms with van der Waals surface area (Å²) >= 11 is 0. The minimum atomic E-state index is -0.466. The number of hydroxylamine groups is 2. The molecule has 0 bridgehead atoms. The number of carbonyl (C=O) groups excluding carboxylic acids is 2. The van der Waals surface area contributed by atoms with E-state index in [1.54, 1.807) is 29.0 Å². The summed E-state index contributed by atoms with van der Waals surface area (Å²) in [6.07, 6.45) is 8.92. The number of amidine groups is 1. The van der Waals surface area contributed by atoms with Crippen molar-refractivity contribution in [2.75, 3.05) is 39.9 Å². The van der Waals surface area contributed by atoms with E-state index in [-0.39, 0.29) is 25.0 Å². The first-order valence-electron chi connectivity index (χ1n) is 12.2. The number of allylic oxidation sites excluding steroid dienone is 3. The van der Waals surface area contributed by atoms with Crippen LogP contribution in [0.3, 0.4) is 0 Å². The van der Waals surface area contributed by atoms with E-state index in [1.807, 2.05) is 18.2 Å². The van der Waals surface area contributed by atoms with Gasteiger partial charge >= 0.3 is 12.0 Å². The number of fused-ring (bicyclic) bond motifs is 1. The Morgan fingerprint density at radius 1 is 1.26 bits per heavy atom. The smallest absolute Gasteiger partial charge is 0.320 e. The summed E-state index contributed by atoms with van der Waals surface area (Å²) in [7, 11) is 1.54. The van der Waals surface area contributed by atoms with Crippen molar-refractivity contribution in [2.24, 2.45) is 4.99 Å². The third-order valence-electron chi connectivity index (χ3n) is 6.49. The predicted molar refractivity (Wildman–Crippen MR) is 129 cm³/mol. The number of ether oxygens (including phenoxy) is 2. The van der Waals surface area contributed by atoms with Gasteiger partial charge in [-0.2, -0.15) is 0 Å². The fourth-order valence-corrected chi connectivity index (χ4v) is 4.67. The number of rotatable bonds is 10. The van der Waals surface area contributed by atoms with Gasteiger partial charge in [0.2, 0.25) is 5.88 Å². The number of urea groups is 1. The summed E-state index contributed by atoms with van der Waals surface area (Å²) in [6, 6.07) is 2.97. The van der Waals surface area contributed by atoms with E-state index in [0.717, 1.165) is 36.2 Å². The largest absolute Gasteiger partial charge is 0.481 e. The van der Waals surface area contributed by atoms with Crippen LogP contribution in [0.5, 0.6) is 5.88 Å². The molecular formula is C25H33N5O5. The minimum Gasteiger partial charge on any atom is -0.481 e. The lowest BCUT2D eigenvalue weighted by Crippen LogP contribution is -2.36. The van der Waals surface area contributed by atoms with Crippen molar-refractivity contribution >= 4 is 17.8 Å². The maximum atomic E-state index is 13.3. The monoisotopic (exact) mass is 483 g/mol. The number of aromatic nitrogens is 1. The van der Waals surface area contributed by atoms with Crippen molar-refractivity contribution in [3.05, 3.63) is 47.3 Å². The number of hydrogen-bond acceptors (Lipinski definition) is 8. The number of carbonyl (C=O) groups is 2. The van der Waals surface area contributed by atoms with Crippen LogP contribution in [0.4, 0.5) is 4.79 Å². The van der Waals surface area contributed by atoms with Gasteiger partial charge in [0.1, 0.15) is 0 Å². The van der Waals surface area contributed by atoms with Gasteiger partial charge in [-0.3, -0.25) is 15.0 Å². The first kappa shape index (κ1) is 24.7. The highest BCUT2D eigenvalue weighted by molar-refractivity contribution is 6.00. The fraction of sp³-hybridized carbons (Fsp3) is 0.520. The third-order valence-corrected chi connectivity index (χ3v) is 6.49. The molecular weight excluding hydrogens is 450 g/mol. The lowest BCUT2D eigenvalue weighted by Gasteiger charge is -2.29. The van der Waals surface area contributed by atoms with Crippen LogP contribution in [0.1, 0.15) is 50.6 Å². The highest BCUT2D eigenvalue weighted by atomic mass is 16.5. The SMILES string of the molecule is CCOC(=O)CC(c1ccc(OC)nc1)N1CCN(CCCC2=CC=C3CCCN=C3N2O)C1=O. The van der Waals surface area contributed by atoms with E-state index in [2.05, 4.69) is 9.98 Å². The first-order chi connectivity index (χ1) is 17.0. The molecule has 1 N–H and O–H groups in total. The molecule has 0 saturated carbocycles. The van der Waals surface area contributed by atoms with Crippen LogP contribution in [0.15, 0.2) is 46.7 Å². The summed E-state index contributed by atoms with van der Waals surface area (Å²) < 4.78 is 10.3. The third kappa shape index (κ3) is 5.64. The van der Waals surface area contributed by atoms with Gasteiger partial charge in [-0.1, -0.05) is 12.1 Å². The van der Waals surface area contributed by atoms with Crippen molar-refractivity contribution in [3.63, 3.8) is 0 Å². The van der Waals surface area contributed by atoms with Crippen molar-refractivity contribution in [1.82, 2.24) is 19.8 Å². The zero-order chi connectivity index (χ0) is 24.8. The molecule has 0 radical (unpaired) electrons. The number of pyridine rings is 1. The van der Waals surface area contributed by atoms with E-state index < -0.39 is 6.04 Å². The van der Waals surface area contributed by atoms with Crippen LogP contribution in [0.25, 0.3) is 0 Å². The van der Waals surface area contributed by atoms with Crippen LogP contribution in [-0.4, -0.2) is 82.8 Å². The molecule has 0 aromatic carbocycles. The van der Waals surface area contributed by atoms with Gasteiger partial charge in [-0.25, -0.2) is 14.8 Å². The Labute approximate surface area is 205 Å². The molecule has 0 spiro atoms. The summed E-state index contributed by atoms with van der Waals surface area (Å²) in [6.45, 7) is 4.40. The zero-order valence-corrected chi connectivity index (χ0v) is 20.4. The molecule has 4 heterocycles. The van der Waals surface area contributed by atoms with Crippen LogP contribution in [-0.2, 0) is 9.53 Å². The minimum absolute atomic E-state index is 0.0601. The molecule has 10 nitrogen and oxygen atoms in total. The quantitative estimate of drug-likeness (QED) is 0.509. The number of nitrogens with zero attached hydrogens (tertiary/aromatic N) is 5. The number of esters is 1. The van der Waals surface area contributed by atoms with Gasteiger partial charge in [-0.15, -0.1) is 0 Å². The Morgan fingerprint density at radius 3 is 2.86 bits per heavy atom.